The largest absolute Gasteiger partial charge is 0.409 e. The summed E-state index contributed by atoms with van der Waals surface area (Å²) in [6.45, 7) is 7.37. The Morgan fingerprint density at radius 1 is 1.56 bits per heavy atom. The molecule has 3 N–H and O–H groups in total. The van der Waals surface area contributed by atoms with Crippen LogP contribution in [-0.4, -0.2) is 34.9 Å². The maximum Gasteiger partial charge on any atom is 0.236 e. The molecular formula is C13H25N3O2. The number of carbonyl (C=O) groups is 1. The summed E-state index contributed by atoms with van der Waals surface area (Å²) in [7, 11) is 0. The fraction of sp³-hybridized carbons (Fsp3) is 0.846. The molecule has 2 unspecified atom stereocenters. The number of oxime groups is 1. The highest BCUT2D eigenvalue weighted by molar-refractivity contribution is 6.06. The summed E-state index contributed by atoms with van der Waals surface area (Å²) in [5, 5.41) is 11.9. The van der Waals surface area contributed by atoms with Gasteiger partial charge in [-0.25, -0.2) is 0 Å². The summed E-state index contributed by atoms with van der Waals surface area (Å²) < 4.78 is 0. The molecule has 0 bridgehead atoms. The molecule has 18 heavy (non-hydrogen) atoms. The predicted molar refractivity (Wildman–Crippen MR) is 71.4 cm³/mol. The second kappa shape index (κ2) is 6.07. The van der Waals surface area contributed by atoms with Gasteiger partial charge in [0.15, 0.2) is 5.84 Å². The SMILES string of the molecule is CCC1CCCN(C(=O)C(C)(CC)C(N)=NO)C1. The van der Waals surface area contributed by atoms with Crippen LogP contribution in [0.1, 0.15) is 46.5 Å². The van der Waals surface area contributed by atoms with Crippen LogP contribution in [0.2, 0.25) is 0 Å². The highest BCUT2D eigenvalue weighted by Crippen LogP contribution is 2.28. The Hall–Kier alpha value is -1.26. The van der Waals surface area contributed by atoms with Crippen molar-refractivity contribution in [1.29, 1.82) is 0 Å². The fourth-order valence-electron chi connectivity index (χ4n) is 2.48. The molecule has 1 aliphatic heterocycles. The second-order valence-electron chi connectivity index (χ2n) is 5.34. The van der Waals surface area contributed by atoms with Crippen LogP contribution in [0.5, 0.6) is 0 Å². The van der Waals surface area contributed by atoms with Crippen molar-refractivity contribution in [2.45, 2.75) is 46.5 Å². The van der Waals surface area contributed by atoms with Gasteiger partial charge in [0.25, 0.3) is 0 Å². The highest BCUT2D eigenvalue weighted by atomic mass is 16.4. The van der Waals surface area contributed by atoms with Crippen molar-refractivity contribution < 1.29 is 10.0 Å². The molecule has 1 saturated heterocycles. The van der Waals surface area contributed by atoms with Gasteiger partial charge in [0.05, 0.1) is 0 Å². The van der Waals surface area contributed by atoms with Gasteiger partial charge < -0.3 is 15.8 Å². The van der Waals surface area contributed by atoms with Gasteiger partial charge in [-0.15, -0.1) is 0 Å². The van der Waals surface area contributed by atoms with Gasteiger partial charge in [-0.2, -0.15) is 0 Å². The van der Waals surface area contributed by atoms with E-state index < -0.39 is 5.41 Å². The number of amidine groups is 1. The van der Waals surface area contributed by atoms with Crippen LogP contribution in [-0.2, 0) is 4.79 Å². The maximum atomic E-state index is 12.6. The molecule has 0 spiro atoms. The van der Waals surface area contributed by atoms with Gasteiger partial charge in [-0.05, 0) is 32.1 Å². The monoisotopic (exact) mass is 255 g/mol. The van der Waals surface area contributed by atoms with Crippen LogP contribution >= 0.6 is 0 Å². The van der Waals surface area contributed by atoms with E-state index in [9.17, 15) is 4.79 Å². The molecule has 1 amide bonds. The first kappa shape index (κ1) is 14.8. The molecule has 1 heterocycles. The lowest BCUT2D eigenvalue weighted by Crippen LogP contribution is -2.52. The number of piperidine rings is 1. The molecule has 0 aromatic heterocycles. The molecule has 1 aliphatic rings. The molecule has 0 aliphatic carbocycles. The second-order valence-corrected chi connectivity index (χ2v) is 5.34. The van der Waals surface area contributed by atoms with Crippen molar-refractivity contribution >= 4 is 11.7 Å². The summed E-state index contributed by atoms with van der Waals surface area (Å²) in [5.74, 6) is 0.572. The van der Waals surface area contributed by atoms with Crippen molar-refractivity contribution in [2.75, 3.05) is 13.1 Å². The Morgan fingerprint density at radius 2 is 2.22 bits per heavy atom. The molecule has 5 nitrogen and oxygen atoms in total. The molecule has 0 aromatic rings. The number of carbonyl (C=O) groups excluding carboxylic acids is 1. The van der Waals surface area contributed by atoms with E-state index in [1.165, 1.54) is 6.42 Å². The first-order valence-corrected chi connectivity index (χ1v) is 6.76. The molecule has 2 atom stereocenters. The molecule has 1 rings (SSSR count). The van der Waals surface area contributed by atoms with Gasteiger partial charge in [0.2, 0.25) is 5.91 Å². The normalized spacial score (nSPS) is 24.7. The molecule has 0 aromatic carbocycles. The number of rotatable bonds is 4. The van der Waals surface area contributed by atoms with Crippen molar-refractivity contribution in [1.82, 2.24) is 4.90 Å². The quantitative estimate of drug-likeness (QED) is 0.348. The lowest BCUT2D eigenvalue weighted by molar-refractivity contribution is -0.139. The standard InChI is InChI=1S/C13H25N3O2/c1-4-10-7-6-8-16(9-10)12(17)13(3,5-2)11(14)15-18/h10,18H,4-9H2,1-3H3,(H2,14,15). The first-order chi connectivity index (χ1) is 8.49. The summed E-state index contributed by atoms with van der Waals surface area (Å²) in [6.07, 6.45) is 3.86. The lowest BCUT2D eigenvalue weighted by Gasteiger charge is -2.38. The van der Waals surface area contributed by atoms with Gasteiger partial charge in [-0.3, -0.25) is 4.79 Å². The zero-order valence-electron chi connectivity index (χ0n) is 11.6. The Kier molecular flexibility index (Phi) is 4.99. The highest BCUT2D eigenvalue weighted by Gasteiger charge is 2.40. The fourth-order valence-corrected chi connectivity index (χ4v) is 2.48. The van der Waals surface area contributed by atoms with Crippen LogP contribution < -0.4 is 5.73 Å². The van der Waals surface area contributed by atoms with E-state index in [1.807, 2.05) is 11.8 Å². The number of amides is 1. The first-order valence-electron chi connectivity index (χ1n) is 6.76. The zero-order valence-corrected chi connectivity index (χ0v) is 11.6. The van der Waals surface area contributed by atoms with Crippen LogP contribution in [0, 0.1) is 11.3 Å². The van der Waals surface area contributed by atoms with Crippen molar-refractivity contribution in [3.63, 3.8) is 0 Å². The average molecular weight is 255 g/mol. The maximum absolute atomic E-state index is 12.6. The minimum absolute atomic E-state index is 0.00798. The minimum atomic E-state index is -0.885. The van der Waals surface area contributed by atoms with Crippen LogP contribution in [0.3, 0.4) is 0 Å². The van der Waals surface area contributed by atoms with Gasteiger partial charge in [0, 0.05) is 13.1 Å². The van der Waals surface area contributed by atoms with E-state index in [4.69, 9.17) is 10.9 Å². The summed E-state index contributed by atoms with van der Waals surface area (Å²) >= 11 is 0. The molecule has 1 fully saturated rings. The topological polar surface area (TPSA) is 78.9 Å². The van der Waals surface area contributed by atoms with Gasteiger partial charge in [0.1, 0.15) is 5.41 Å². The number of hydrogen-bond acceptors (Lipinski definition) is 3. The van der Waals surface area contributed by atoms with E-state index in [1.54, 1.807) is 6.92 Å². The Labute approximate surface area is 109 Å². The molecular weight excluding hydrogens is 230 g/mol. The summed E-state index contributed by atoms with van der Waals surface area (Å²) in [5.41, 5.74) is 4.80. The molecule has 0 radical (unpaired) electrons. The predicted octanol–water partition coefficient (Wildman–Crippen LogP) is 1.80. The van der Waals surface area contributed by atoms with Crippen molar-refractivity contribution in [2.24, 2.45) is 22.2 Å². The number of likely N-dealkylation sites (tertiary alicyclic amines) is 1. The third-order valence-electron chi connectivity index (χ3n) is 4.24. The summed E-state index contributed by atoms with van der Waals surface area (Å²) in [4.78, 5) is 14.4. The number of nitrogens with zero attached hydrogens (tertiary/aromatic N) is 2. The molecule has 0 saturated carbocycles. The van der Waals surface area contributed by atoms with Gasteiger partial charge in [-0.1, -0.05) is 25.4 Å². The molecule has 5 heteroatoms. The minimum Gasteiger partial charge on any atom is -0.409 e. The lowest BCUT2D eigenvalue weighted by atomic mass is 9.83. The number of hydrogen-bond donors (Lipinski definition) is 2. The Balaban J connectivity index is 2.84. The van der Waals surface area contributed by atoms with E-state index in [0.717, 1.165) is 25.9 Å². The smallest absolute Gasteiger partial charge is 0.236 e. The Morgan fingerprint density at radius 3 is 2.72 bits per heavy atom. The third-order valence-corrected chi connectivity index (χ3v) is 4.24. The van der Waals surface area contributed by atoms with E-state index in [-0.39, 0.29) is 11.7 Å². The zero-order chi connectivity index (χ0) is 13.8. The van der Waals surface area contributed by atoms with Gasteiger partial charge >= 0.3 is 0 Å². The summed E-state index contributed by atoms with van der Waals surface area (Å²) in [6, 6.07) is 0. The van der Waals surface area contributed by atoms with Crippen LogP contribution in [0.15, 0.2) is 5.16 Å². The third kappa shape index (κ3) is 2.76. The average Bonchev–Trinajstić information content (AvgIpc) is 2.44. The molecule has 104 valence electrons. The van der Waals surface area contributed by atoms with E-state index in [2.05, 4.69) is 12.1 Å². The van der Waals surface area contributed by atoms with Crippen molar-refractivity contribution in [3.8, 4) is 0 Å². The van der Waals surface area contributed by atoms with Crippen LogP contribution in [0.4, 0.5) is 0 Å². The van der Waals surface area contributed by atoms with Crippen LogP contribution in [0.25, 0.3) is 0 Å². The van der Waals surface area contributed by atoms with E-state index in [0.29, 0.717) is 12.3 Å². The Bertz CT molecular complexity index is 330. The van der Waals surface area contributed by atoms with Crippen molar-refractivity contribution in [3.05, 3.63) is 0 Å². The van der Waals surface area contributed by atoms with E-state index >= 15 is 0 Å². The number of nitrogens with two attached hydrogens (primary N) is 1.